The van der Waals surface area contributed by atoms with Crippen molar-refractivity contribution in [3.8, 4) is 0 Å². The first-order valence-corrected chi connectivity index (χ1v) is 9.24. The van der Waals surface area contributed by atoms with Gasteiger partial charge in [0.15, 0.2) is 0 Å². The normalized spacial score (nSPS) is 18.9. The molecule has 2 N–H and O–H groups in total. The number of carbonyl (C=O) groups excluding carboxylic acids is 1. The smallest absolute Gasteiger partial charge is 0.329 e. The predicted octanol–water partition coefficient (Wildman–Crippen LogP) is 0.746. The molecule has 8 heteroatoms. The molecule has 0 saturated heterocycles. The average molecular weight is 338 g/mol. The fourth-order valence-corrected chi connectivity index (χ4v) is 4.03. The quantitative estimate of drug-likeness (QED) is 0.843. The molecule has 2 aliphatic rings. The van der Waals surface area contributed by atoms with Gasteiger partial charge >= 0.3 is 5.97 Å². The number of rotatable bonds is 4. The van der Waals surface area contributed by atoms with E-state index in [1.54, 1.807) is 12.1 Å². The van der Waals surface area contributed by atoms with E-state index in [2.05, 4.69) is 5.32 Å². The summed E-state index contributed by atoms with van der Waals surface area (Å²) in [6.45, 7) is 0.359. The molecule has 0 unspecified atom stereocenters. The Hall–Kier alpha value is -2.09. The van der Waals surface area contributed by atoms with Crippen LogP contribution in [0.3, 0.4) is 0 Å². The molecule has 1 saturated carbocycles. The van der Waals surface area contributed by atoms with Gasteiger partial charge in [0, 0.05) is 12.1 Å². The van der Waals surface area contributed by atoms with Gasteiger partial charge in [0.05, 0.1) is 11.9 Å². The number of amides is 1. The largest absolute Gasteiger partial charge is 0.480 e. The van der Waals surface area contributed by atoms with Crippen LogP contribution in [0.25, 0.3) is 0 Å². The summed E-state index contributed by atoms with van der Waals surface area (Å²) >= 11 is 0. The van der Waals surface area contributed by atoms with Crippen LogP contribution in [0.2, 0.25) is 0 Å². The zero-order valence-corrected chi connectivity index (χ0v) is 13.5. The molecule has 1 aliphatic heterocycles. The molecular weight excluding hydrogens is 320 g/mol. The molecule has 1 aromatic rings. The number of benzene rings is 1. The van der Waals surface area contributed by atoms with Gasteiger partial charge < -0.3 is 10.4 Å². The lowest BCUT2D eigenvalue weighted by Gasteiger charge is -2.38. The fourth-order valence-electron chi connectivity index (χ4n) is 3.07. The number of carboxylic acids is 1. The van der Waals surface area contributed by atoms with Gasteiger partial charge in [0.1, 0.15) is 5.54 Å². The van der Waals surface area contributed by atoms with Gasteiger partial charge in [-0.1, -0.05) is 0 Å². The van der Waals surface area contributed by atoms with Gasteiger partial charge in [0.2, 0.25) is 10.0 Å². The zero-order valence-electron chi connectivity index (χ0n) is 12.7. The van der Waals surface area contributed by atoms with Crippen LogP contribution < -0.4 is 9.62 Å². The second-order valence-electron chi connectivity index (χ2n) is 6.12. The van der Waals surface area contributed by atoms with Gasteiger partial charge in [-0.2, -0.15) is 0 Å². The van der Waals surface area contributed by atoms with Gasteiger partial charge in [-0.05, 0) is 49.4 Å². The van der Waals surface area contributed by atoms with Crippen molar-refractivity contribution in [2.45, 2.75) is 31.2 Å². The molecule has 0 aromatic heterocycles. The van der Waals surface area contributed by atoms with Gasteiger partial charge in [-0.3, -0.25) is 9.10 Å². The number of carbonyl (C=O) groups is 2. The number of hydrogen-bond donors (Lipinski definition) is 2. The lowest BCUT2D eigenvalue weighted by Crippen LogP contribution is -2.59. The number of carboxylic acid groups (broad SMARTS) is 1. The monoisotopic (exact) mass is 338 g/mol. The van der Waals surface area contributed by atoms with Crippen molar-refractivity contribution in [3.63, 3.8) is 0 Å². The molecule has 1 aliphatic carbocycles. The summed E-state index contributed by atoms with van der Waals surface area (Å²) in [5, 5.41) is 11.9. The first-order chi connectivity index (χ1) is 10.7. The maximum Gasteiger partial charge on any atom is 0.329 e. The van der Waals surface area contributed by atoms with Crippen molar-refractivity contribution in [1.29, 1.82) is 0 Å². The Bertz CT molecular complexity index is 783. The summed E-state index contributed by atoms with van der Waals surface area (Å²) in [7, 11) is -3.33. The van der Waals surface area contributed by atoms with Crippen molar-refractivity contribution in [1.82, 2.24) is 5.32 Å². The third kappa shape index (κ3) is 2.67. The Kier molecular flexibility index (Phi) is 3.59. The number of aliphatic carboxylic acids is 1. The molecule has 0 radical (unpaired) electrons. The van der Waals surface area contributed by atoms with E-state index in [9.17, 15) is 23.1 Å². The van der Waals surface area contributed by atoms with Crippen molar-refractivity contribution in [3.05, 3.63) is 29.3 Å². The van der Waals surface area contributed by atoms with Crippen LogP contribution in [0.4, 0.5) is 5.69 Å². The highest BCUT2D eigenvalue weighted by molar-refractivity contribution is 7.92. The highest BCUT2D eigenvalue weighted by Gasteiger charge is 2.45. The molecular formula is C15H18N2O5S. The van der Waals surface area contributed by atoms with Crippen LogP contribution in [-0.2, 0) is 21.2 Å². The van der Waals surface area contributed by atoms with Gasteiger partial charge in [-0.25, -0.2) is 13.2 Å². The van der Waals surface area contributed by atoms with Crippen LogP contribution in [0, 0.1) is 0 Å². The second kappa shape index (κ2) is 5.23. The summed E-state index contributed by atoms with van der Waals surface area (Å²) in [6.07, 6.45) is 3.32. The lowest BCUT2D eigenvalue weighted by atomic mass is 9.76. The number of hydrogen-bond acceptors (Lipinski definition) is 4. The molecule has 0 atom stereocenters. The average Bonchev–Trinajstić information content (AvgIpc) is 2.84. The van der Waals surface area contributed by atoms with E-state index in [-0.39, 0.29) is 0 Å². The Balaban J connectivity index is 1.83. The van der Waals surface area contributed by atoms with E-state index >= 15 is 0 Å². The van der Waals surface area contributed by atoms with E-state index in [0.29, 0.717) is 37.1 Å². The number of nitrogens with zero attached hydrogens (tertiary/aromatic N) is 1. The molecule has 7 nitrogen and oxygen atoms in total. The van der Waals surface area contributed by atoms with E-state index in [1.165, 1.54) is 10.4 Å². The highest BCUT2D eigenvalue weighted by Crippen LogP contribution is 2.33. The molecule has 3 rings (SSSR count). The minimum atomic E-state index is -3.33. The van der Waals surface area contributed by atoms with Crippen LogP contribution >= 0.6 is 0 Å². The third-order valence-electron chi connectivity index (χ3n) is 4.56. The van der Waals surface area contributed by atoms with Crippen molar-refractivity contribution in [2.75, 3.05) is 17.1 Å². The minimum Gasteiger partial charge on any atom is -0.480 e. The van der Waals surface area contributed by atoms with Gasteiger partial charge in [-0.15, -0.1) is 0 Å². The number of anilines is 1. The maximum atomic E-state index is 12.3. The Morgan fingerprint density at radius 2 is 2.00 bits per heavy atom. The Morgan fingerprint density at radius 3 is 2.52 bits per heavy atom. The van der Waals surface area contributed by atoms with E-state index in [4.69, 9.17) is 0 Å². The summed E-state index contributed by atoms with van der Waals surface area (Å²) < 4.78 is 24.7. The first-order valence-electron chi connectivity index (χ1n) is 7.39. The fraction of sp³-hybridized carbons (Fsp3) is 0.467. The Labute approximate surface area is 134 Å². The third-order valence-corrected chi connectivity index (χ3v) is 5.74. The topological polar surface area (TPSA) is 104 Å². The molecule has 1 amide bonds. The lowest BCUT2D eigenvalue weighted by molar-refractivity contribution is -0.148. The van der Waals surface area contributed by atoms with E-state index < -0.39 is 27.4 Å². The molecule has 0 spiro atoms. The SMILES string of the molecule is CS(=O)(=O)N1CCc2cc(C(=O)NC3(C(=O)O)CCC3)ccc21. The maximum absolute atomic E-state index is 12.3. The second-order valence-corrected chi connectivity index (χ2v) is 8.03. The Morgan fingerprint density at radius 1 is 1.30 bits per heavy atom. The minimum absolute atomic E-state index is 0.353. The van der Waals surface area contributed by atoms with E-state index in [1.807, 2.05) is 0 Å². The summed E-state index contributed by atoms with van der Waals surface area (Å²) in [5.74, 6) is -1.45. The summed E-state index contributed by atoms with van der Waals surface area (Å²) in [6, 6.07) is 4.78. The molecule has 0 bridgehead atoms. The van der Waals surface area contributed by atoms with Gasteiger partial charge in [0.25, 0.3) is 5.91 Å². The summed E-state index contributed by atoms with van der Waals surface area (Å²) in [5.41, 5.74) is 0.558. The standard InChI is InChI=1S/C15H18N2O5S/c1-23(21,22)17-8-5-10-9-11(3-4-12(10)17)13(18)16-15(14(19)20)6-2-7-15/h3-4,9H,2,5-8H2,1H3,(H,16,18)(H,19,20). The summed E-state index contributed by atoms with van der Waals surface area (Å²) in [4.78, 5) is 23.7. The molecule has 1 fully saturated rings. The molecule has 23 heavy (non-hydrogen) atoms. The van der Waals surface area contributed by atoms with E-state index in [0.717, 1.165) is 18.2 Å². The van der Waals surface area contributed by atoms with Crippen molar-refractivity contribution >= 4 is 27.6 Å². The predicted molar refractivity (Wildman–Crippen MR) is 84.0 cm³/mol. The first kappa shape index (κ1) is 15.8. The molecule has 1 aromatic carbocycles. The van der Waals surface area contributed by atoms with Crippen LogP contribution in [-0.4, -0.2) is 43.7 Å². The molecule has 1 heterocycles. The van der Waals surface area contributed by atoms with Crippen LogP contribution in [0.15, 0.2) is 18.2 Å². The highest BCUT2D eigenvalue weighted by atomic mass is 32.2. The van der Waals surface area contributed by atoms with Crippen molar-refractivity contribution in [2.24, 2.45) is 0 Å². The van der Waals surface area contributed by atoms with Crippen LogP contribution in [0.1, 0.15) is 35.2 Å². The number of fused-ring (bicyclic) bond motifs is 1. The zero-order chi connectivity index (χ0) is 16.8. The van der Waals surface area contributed by atoms with Crippen molar-refractivity contribution < 1.29 is 23.1 Å². The number of sulfonamides is 1. The van der Waals surface area contributed by atoms with Crippen LogP contribution in [0.5, 0.6) is 0 Å². The number of nitrogens with one attached hydrogen (secondary N) is 1. The molecule has 124 valence electrons.